The molecular formula is C16H16N4OS. The second kappa shape index (κ2) is 6.26. The molecule has 0 aliphatic carbocycles. The average Bonchev–Trinajstić information content (AvgIpc) is 3.05. The van der Waals surface area contributed by atoms with Crippen LogP contribution in [0.2, 0.25) is 0 Å². The largest absolute Gasteiger partial charge is 0.377 e. The number of nitriles is 1. The topological polar surface area (TPSA) is 63.2 Å². The normalized spacial score (nSPS) is 11.0. The summed E-state index contributed by atoms with van der Waals surface area (Å²) in [5.41, 5.74) is 3.40. The highest BCUT2D eigenvalue weighted by molar-refractivity contribution is 7.16. The molecule has 0 aliphatic rings. The highest BCUT2D eigenvalue weighted by Crippen LogP contribution is 2.27. The van der Waals surface area contributed by atoms with Gasteiger partial charge in [-0.2, -0.15) is 14.9 Å². The van der Waals surface area contributed by atoms with Gasteiger partial charge in [-0.1, -0.05) is 48.9 Å². The summed E-state index contributed by atoms with van der Waals surface area (Å²) in [6.45, 7) is 2.59. The number of hydrogen-bond acceptors (Lipinski definition) is 5. The van der Waals surface area contributed by atoms with E-state index in [4.69, 9.17) is 4.74 Å². The van der Waals surface area contributed by atoms with Crippen LogP contribution in [0.1, 0.15) is 29.6 Å². The predicted molar refractivity (Wildman–Crippen MR) is 85.7 cm³/mol. The van der Waals surface area contributed by atoms with Crippen LogP contribution in [-0.4, -0.2) is 21.7 Å². The average molecular weight is 312 g/mol. The molecule has 0 aliphatic heterocycles. The van der Waals surface area contributed by atoms with E-state index in [2.05, 4.69) is 35.2 Å². The van der Waals surface area contributed by atoms with Gasteiger partial charge >= 0.3 is 0 Å². The van der Waals surface area contributed by atoms with Crippen LogP contribution in [0.25, 0.3) is 16.2 Å². The first-order valence-corrected chi connectivity index (χ1v) is 7.95. The maximum Gasteiger partial charge on any atom is 0.214 e. The lowest BCUT2D eigenvalue weighted by atomic mass is 10.1. The molecule has 0 N–H and O–H groups in total. The summed E-state index contributed by atoms with van der Waals surface area (Å²) >= 11 is 1.44. The number of nitrogens with zero attached hydrogens (tertiary/aromatic N) is 4. The zero-order valence-electron chi connectivity index (χ0n) is 12.5. The van der Waals surface area contributed by atoms with Crippen LogP contribution in [0.3, 0.4) is 0 Å². The Kier molecular flexibility index (Phi) is 4.18. The summed E-state index contributed by atoms with van der Waals surface area (Å²) in [4.78, 5) is 5.29. The lowest BCUT2D eigenvalue weighted by Gasteiger charge is -2.01. The van der Waals surface area contributed by atoms with Crippen molar-refractivity contribution in [3.63, 3.8) is 0 Å². The van der Waals surface area contributed by atoms with Crippen molar-refractivity contribution in [3.05, 3.63) is 40.5 Å². The number of ether oxygens (including phenoxy) is 1. The molecule has 2 aromatic heterocycles. The Morgan fingerprint density at radius 3 is 2.73 bits per heavy atom. The molecular weight excluding hydrogens is 296 g/mol. The molecule has 0 atom stereocenters. The van der Waals surface area contributed by atoms with Gasteiger partial charge in [0.1, 0.15) is 16.8 Å². The summed E-state index contributed by atoms with van der Waals surface area (Å²) < 4.78 is 6.68. The lowest BCUT2D eigenvalue weighted by Crippen LogP contribution is -1.93. The molecule has 112 valence electrons. The van der Waals surface area contributed by atoms with Crippen LogP contribution in [0.15, 0.2) is 24.3 Å². The van der Waals surface area contributed by atoms with Gasteiger partial charge in [0.15, 0.2) is 5.69 Å². The van der Waals surface area contributed by atoms with Crippen molar-refractivity contribution in [1.82, 2.24) is 14.6 Å². The van der Waals surface area contributed by atoms with Gasteiger partial charge in [-0.15, -0.1) is 0 Å². The van der Waals surface area contributed by atoms with Gasteiger partial charge < -0.3 is 4.74 Å². The summed E-state index contributed by atoms with van der Waals surface area (Å²) in [6, 6.07) is 10.4. The van der Waals surface area contributed by atoms with E-state index < -0.39 is 0 Å². The van der Waals surface area contributed by atoms with Crippen LogP contribution in [0.4, 0.5) is 0 Å². The van der Waals surface area contributed by atoms with Gasteiger partial charge in [0.2, 0.25) is 4.96 Å². The zero-order valence-corrected chi connectivity index (χ0v) is 13.4. The molecule has 0 radical (unpaired) electrons. The molecule has 0 spiro atoms. The van der Waals surface area contributed by atoms with Gasteiger partial charge in [-0.05, 0) is 12.0 Å². The van der Waals surface area contributed by atoms with Crippen LogP contribution in [0, 0.1) is 11.3 Å². The Morgan fingerprint density at radius 1 is 1.32 bits per heavy atom. The molecule has 22 heavy (non-hydrogen) atoms. The standard InChI is InChI=1S/C16H16N4OS/c1-3-4-11-5-7-12(8-6-11)15-13(9-17)20-16(18-15)22-14(19-20)10-21-2/h5-8H,3-4,10H2,1-2H3. The number of fused-ring (bicyclic) bond motifs is 1. The Balaban J connectivity index is 2.03. The molecule has 1 aromatic carbocycles. The lowest BCUT2D eigenvalue weighted by molar-refractivity contribution is 0.183. The molecule has 2 heterocycles. The Bertz CT molecular complexity index is 826. The number of rotatable bonds is 5. The zero-order chi connectivity index (χ0) is 15.5. The number of aryl methyl sites for hydroxylation is 1. The molecule has 3 rings (SSSR count). The van der Waals surface area contributed by atoms with E-state index in [-0.39, 0.29) is 0 Å². The first kappa shape index (κ1) is 14.7. The van der Waals surface area contributed by atoms with Crippen molar-refractivity contribution in [2.75, 3.05) is 7.11 Å². The van der Waals surface area contributed by atoms with Crippen molar-refractivity contribution >= 4 is 16.3 Å². The van der Waals surface area contributed by atoms with Crippen molar-refractivity contribution < 1.29 is 4.74 Å². The first-order valence-electron chi connectivity index (χ1n) is 7.13. The van der Waals surface area contributed by atoms with Crippen LogP contribution < -0.4 is 0 Å². The van der Waals surface area contributed by atoms with Crippen molar-refractivity contribution in [1.29, 1.82) is 5.26 Å². The predicted octanol–water partition coefficient (Wildman–Crippen LogP) is 3.43. The van der Waals surface area contributed by atoms with Gasteiger partial charge in [0, 0.05) is 12.7 Å². The molecule has 3 aromatic rings. The molecule has 0 bridgehead atoms. The Morgan fingerprint density at radius 2 is 2.09 bits per heavy atom. The molecule has 0 saturated carbocycles. The highest BCUT2D eigenvalue weighted by atomic mass is 32.1. The van der Waals surface area contributed by atoms with Crippen LogP contribution in [-0.2, 0) is 17.8 Å². The van der Waals surface area contributed by atoms with E-state index in [1.165, 1.54) is 16.9 Å². The third kappa shape index (κ3) is 2.61. The van der Waals surface area contributed by atoms with E-state index in [1.54, 1.807) is 11.6 Å². The van der Waals surface area contributed by atoms with Gasteiger partial charge in [0.05, 0.1) is 6.61 Å². The van der Waals surface area contributed by atoms with Gasteiger partial charge in [-0.25, -0.2) is 4.98 Å². The van der Waals surface area contributed by atoms with Gasteiger partial charge in [-0.3, -0.25) is 0 Å². The fourth-order valence-electron chi connectivity index (χ4n) is 2.39. The summed E-state index contributed by atoms with van der Waals surface area (Å²) in [5.74, 6) is 0. The maximum absolute atomic E-state index is 9.47. The number of benzene rings is 1. The van der Waals surface area contributed by atoms with Crippen molar-refractivity contribution in [2.24, 2.45) is 0 Å². The fraction of sp³-hybridized carbons (Fsp3) is 0.312. The summed E-state index contributed by atoms with van der Waals surface area (Å²) in [5, 5.41) is 14.7. The fourth-order valence-corrected chi connectivity index (χ4v) is 3.25. The van der Waals surface area contributed by atoms with E-state index >= 15 is 0 Å². The third-order valence-electron chi connectivity index (χ3n) is 3.39. The summed E-state index contributed by atoms with van der Waals surface area (Å²) in [7, 11) is 1.62. The minimum atomic E-state index is 0.430. The van der Waals surface area contributed by atoms with E-state index in [9.17, 15) is 5.26 Å². The monoisotopic (exact) mass is 312 g/mol. The molecule has 5 nitrogen and oxygen atoms in total. The quantitative estimate of drug-likeness (QED) is 0.724. The van der Waals surface area contributed by atoms with Crippen LogP contribution >= 0.6 is 11.3 Å². The molecule has 0 unspecified atom stereocenters. The number of hydrogen-bond donors (Lipinski definition) is 0. The smallest absolute Gasteiger partial charge is 0.214 e. The SMILES string of the molecule is CCCc1ccc(-c2nc3sc(COC)nn3c2C#N)cc1. The van der Waals surface area contributed by atoms with E-state index in [0.717, 1.165) is 28.4 Å². The molecule has 0 amide bonds. The minimum absolute atomic E-state index is 0.430. The van der Waals surface area contributed by atoms with Gasteiger partial charge in [0.25, 0.3) is 0 Å². The second-order valence-corrected chi connectivity index (χ2v) is 6.03. The minimum Gasteiger partial charge on any atom is -0.377 e. The molecule has 6 heteroatoms. The van der Waals surface area contributed by atoms with Crippen molar-refractivity contribution in [3.8, 4) is 17.3 Å². The molecule has 0 saturated heterocycles. The Hall–Kier alpha value is -2.23. The number of aromatic nitrogens is 3. The van der Waals surface area contributed by atoms with E-state index in [1.807, 2.05) is 12.1 Å². The number of imidazole rings is 1. The second-order valence-electron chi connectivity index (χ2n) is 4.99. The van der Waals surface area contributed by atoms with Crippen LogP contribution in [0.5, 0.6) is 0 Å². The summed E-state index contributed by atoms with van der Waals surface area (Å²) in [6.07, 6.45) is 2.18. The maximum atomic E-state index is 9.47. The van der Waals surface area contributed by atoms with E-state index in [0.29, 0.717) is 18.0 Å². The van der Waals surface area contributed by atoms with Crippen molar-refractivity contribution in [2.45, 2.75) is 26.4 Å². The highest BCUT2D eigenvalue weighted by Gasteiger charge is 2.17. The number of methoxy groups -OCH3 is 1. The Labute approximate surface area is 132 Å². The molecule has 0 fully saturated rings. The first-order chi connectivity index (χ1) is 10.8. The third-order valence-corrected chi connectivity index (χ3v) is 4.27.